The molecular weight excluding hydrogens is 432 g/mol. The van der Waals surface area contributed by atoms with E-state index in [4.69, 9.17) is 18.6 Å². The lowest BCUT2D eigenvalue weighted by atomic mass is 9.85. The van der Waals surface area contributed by atoms with Gasteiger partial charge in [0.1, 0.15) is 18.5 Å². The third kappa shape index (κ3) is 6.89. The molecule has 8 heteroatoms. The number of rotatable bonds is 8. The minimum atomic E-state index is -2.95. The van der Waals surface area contributed by atoms with Gasteiger partial charge in [-0.3, -0.25) is 0 Å². The number of hydrogen-bond donors (Lipinski definition) is 0. The first-order valence-electron chi connectivity index (χ1n) is 13.7. The second-order valence-corrected chi connectivity index (χ2v) is 10.9. The Labute approximate surface area is 197 Å². The van der Waals surface area contributed by atoms with E-state index in [0.29, 0.717) is 38.5 Å². The Balaban J connectivity index is 1.62. The highest BCUT2D eigenvalue weighted by Gasteiger charge is 2.46. The molecule has 8 unspecified atom stereocenters. The molecule has 0 heterocycles. The molecule has 192 valence electrons. The summed E-state index contributed by atoms with van der Waals surface area (Å²) in [6.45, 7) is -0.827. The van der Waals surface area contributed by atoms with Gasteiger partial charge in [0.25, 0.3) is 0 Å². The summed E-state index contributed by atoms with van der Waals surface area (Å²) in [6.07, 6.45) is 5.96. The smallest absolute Gasteiger partial charge is 0.516 e. The van der Waals surface area contributed by atoms with E-state index in [1.54, 1.807) is 0 Å². The maximum absolute atomic E-state index is 14.9. The Morgan fingerprint density at radius 2 is 0.758 bits per heavy atom. The van der Waals surface area contributed by atoms with Crippen LogP contribution in [0.25, 0.3) is 0 Å². The first-order valence-corrected chi connectivity index (χ1v) is 13.7. The third-order valence-corrected chi connectivity index (χ3v) is 8.26. The van der Waals surface area contributed by atoms with Crippen molar-refractivity contribution in [3.63, 3.8) is 0 Å². The summed E-state index contributed by atoms with van der Waals surface area (Å²) in [5.41, 5.74) is 0. The summed E-state index contributed by atoms with van der Waals surface area (Å²) in [4.78, 5) is 0. The summed E-state index contributed by atoms with van der Waals surface area (Å²) in [5.74, 6) is 0.253. The van der Waals surface area contributed by atoms with Crippen molar-refractivity contribution in [3.05, 3.63) is 0 Å². The van der Waals surface area contributed by atoms with E-state index in [0.717, 1.165) is 64.2 Å². The standard InChI is InChI=1S/C25H43BF3O4/c1-18-10-2-6-14-22(18)30-26(31-23-15-7-3-11-19(23)27,32-24-16-8-4-12-20(24)28)33-25-17-9-5-13-21(25)29/h18-25H,2-17H2,1H3/q-1. The first kappa shape index (κ1) is 25.8. The van der Waals surface area contributed by atoms with Crippen LogP contribution in [-0.4, -0.2) is 49.9 Å². The number of alkyl halides is 3. The summed E-state index contributed by atoms with van der Waals surface area (Å²) >= 11 is 0. The van der Waals surface area contributed by atoms with Crippen molar-refractivity contribution < 1.29 is 31.8 Å². The van der Waals surface area contributed by atoms with Crippen LogP contribution in [0.5, 0.6) is 0 Å². The number of hydrogen-bond acceptors (Lipinski definition) is 4. The highest BCUT2D eigenvalue weighted by molar-refractivity contribution is 6.53. The van der Waals surface area contributed by atoms with Gasteiger partial charge in [0.05, 0.1) is 0 Å². The molecule has 4 fully saturated rings. The van der Waals surface area contributed by atoms with Crippen LogP contribution in [0, 0.1) is 5.92 Å². The van der Waals surface area contributed by atoms with Crippen LogP contribution >= 0.6 is 0 Å². The second kappa shape index (κ2) is 12.1. The Morgan fingerprint density at radius 3 is 1.12 bits per heavy atom. The Kier molecular flexibility index (Phi) is 9.45. The quantitative estimate of drug-likeness (QED) is 0.358. The minimum absolute atomic E-state index is 0.191. The van der Waals surface area contributed by atoms with Crippen LogP contribution in [-0.2, 0) is 18.6 Å². The van der Waals surface area contributed by atoms with Crippen molar-refractivity contribution in [1.29, 1.82) is 0 Å². The van der Waals surface area contributed by atoms with Gasteiger partial charge in [0, 0.05) is 24.4 Å². The molecule has 0 saturated heterocycles. The molecule has 8 atom stereocenters. The minimum Gasteiger partial charge on any atom is -0.516 e. The molecule has 0 spiro atoms. The predicted octanol–water partition coefficient (Wildman–Crippen LogP) is 6.91. The molecule has 33 heavy (non-hydrogen) atoms. The van der Waals surface area contributed by atoms with E-state index in [1.165, 1.54) is 0 Å². The van der Waals surface area contributed by atoms with E-state index >= 15 is 0 Å². The van der Waals surface area contributed by atoms with Crippen LogP contribution in [0.1, 0.15) is 110 Å². The van der Waals surface area contributed by atoms with Gasteiger partial charge >= 0.3 is 6.96 Å². The Hall–Kier alpha value is -0.305. The SMILES string of the molecule is CC1CCCCC1O[B-](OC1CCCCC1F)(OC1CCCCC1F)OC1CCCCC1F. The Morgan fingerprint density at radius 1 is 0.455 bits per heavy atom. The van der Waals surface area contributed by atoms with Gasteiger partial charge in [-0.25, -0.2) is 13.2 Å². The lowest BCUT2D eigenvalue weighted by Crippen LogP contribution is -2.61. The van der Waals surface area contributed by atoms with Crippen LogP contribution in [0.2, 0.25) is 0 Å². The fourth-order valence-corrected chi connectivity index (χ4v) is 6.15. The van der Waals surface area contributed by atoms with Gasteiger partial charge in [0.2, 0.25) is 0 Å². The normalized spacial score (nSPS) is 42.5. The largest absolute Gasteiger partial charge is 0.532 e. The zero-order valence-corrected chi connectivity index (χ0v) is 20.3. The molecule has 4 nitrogen and oxygen atoms in total. The van der Waals surface area contributed by atoms with Gasteiger partial charge in [0.15, 0.2) is 0 Å². The highest BCUT2D eigenvalue weighted by Crippen LogP contribution is 2.38. The lowest BCUT2D eigenvalue weighted by Gasteiger charge is -2.53. The summed E-state index contributed by atoms with van der Waals surface area (Å²) in [5, 5.41) is 0. The summed E-state index contributed by atoms with van der Waals surface area (Å²) in [6, 6.07) is 0. The van der Waals surface area contributed by atoms with Gasteiger partial charge in [-0.15, -0.1) is 0 Å². The monoisotopic (exact) mass is 475 g/mol. The average Bonchev–Trinajstić information content (AvgIpc) is 2.80. The first-order chi connectivity index (χ1) is 16.0. The molecule has 0 bridgehead atoms. The van der Waals surface area contributed by atoms with Crippen molar-refractivity contribution in [2.24, 2.45) is 5.92 Å². The molecule has 0 N–H and O–H groups in total. The molecule has 0 aliphatic heterocycles. The molecule has 0 aromatic carbocycles. The molecular formula is C25H43BF3O4-. The lowest BCUT2D eigenvalue weighted by molar-refractivity contribution is -0.151. The van der Waals surface area contributed by atoms with Crippen LogP contribution in [0.4, 0.5) is 13.2 Å². The zero-order chi connectivity index (χ0) is 23.3. The fourth-order valence-electron chi connectivity index (χ4n) is 6.15. The van der Waals surface area contributed by atoms with E-state index in [-0.39, 0.29) is 12.0 Å². The van der Waals surface area contributed by atoms with Crippen molar-refractivity contribution in [2.75, 3.05) is 0 Å². The van der Waals surface area contributed by atoms with Gasteiger partial charge in [-0.2, -0.15) is 0 Å². The van der Waals surface area contributed by atoms with E-state index < -0.39 is 43.8 Å². The zero-order valence-electron chi connectivity index (χ0n) is 20.3. The summed E-state index contributed by atoms with van der Waals surface area (Å²) in [7, 11) is 0. The van der Waals surface area contributed by atoms with Crippen LogP contribution in [0.3, 0.4) is 0 Å². The molecule has 4 aliphatic rings. The van der Waals surface area contributed by atoms with Crippen LogP contribution in [0.15, 0.2) is 0 Å². The van der Waals surface area contributed by atoms with Crippen LogP contribution < -0.4 is 0 Å². The molecule has 4 rings (SSSR count). The van der Waals surface area contributed by atoms with Gasteiger partial charge < -0.3 is 18.6 Å². The highest BCUT2D eigenvalue weighted by atomic mass is 19.1. The maximum Gasteiger partial charge on any atom is 0.532 e. The summed E-state index contributed by atoms with van der Waals surface area (Å²) < 4.78 is 70.3. The molecule has 0 radical (unpaired) electrons. The molecule has 0 aromatic rings. The van der Waals surface area contributed by atoms with E-state index in [2.05, 4.69) is 6.92 Å². The third-order valence-electron chi connectivity index (χ3n) is 8.26. The number of halogens is 3. The fraction of sp³-hybridized carbons (Fsp3) is 1.00. The molecule has 0 aromatic heterocycles. The topological polar surface area (TPSA) is 36.9 Å². The van der Waals surface area contributed by atoms with E-state index in [9.17, 15) is 13.2 Å². The van der Waals surface area contributed by atoms with Gasteiger partial charge in [-0.05, 0) is 57.3 Å². The molecule has 0 amide bonds. The maximum atomic E-state index is 14.9. The van der Waals surface area contributed by atoms with Crippen molar-refractivity contribution in [3.8, 4) is 0 Å². The van der Waals surface area contributed by atoms with Crippen molar-refractivity contribution in [2.45, 2.75) is 153 Å². The Bertz CT molecular complexity index is 498. The molecule has 4 aliphatic carbocycles. The molecule has 4 saturated carbocycles. The predicted molar refractivity (Wildman–Crippen MR) is 123 cm³/mol. The van der Waals surface area contributed by atoms with Gasteiger partial charge in [-0.1, -0.05) is 58.3 Å². The average molecular weight is 475 g/mol. The van der Waals surface area contributed by atoms with Crippen molar-refractivity contribution >= 4 is 6.96 Å². The second-order valence-electron chi connectivity index (χ2n) is 10.9. The van der Waals surface area contributed by atoms with E-state index in [1.807, 2.05) is 0 Å². The van der Waals surface area contributed by atoms with Crippen molar-refractivity contribution in [1.82, 2.24) is 0 Å².